The molecule has 130 valence electrons. The highest BCUT2D eigenvalue weighted by Crippen LogP contribution is 2.15. The Hall–Kier alpha value is -2.37. The molecule has 0 saturated carbocycles. The lowest BCUT2D eigenvalue weighted by Crippen LogP contribution is -2.47. The predicted molar refractivity (Wildman–Crippen MR) is 98.5 cm³/mol. The Kier molecular flexibility index (Phi) is 4.42. The van der Waals surface area contributed by atoms with Crippen LogP contribution in [0.15, 0.2) is 57.7 Å². The van der Waals surface area contributed by atoms with Crippen molar-refractivity contribution in [2.75, 3.05) is 26.2 Å². The second kappa shape index (κ2) is 6.86. The maximum absolute atomic E-state index is 12.1. The summed E-state index contributed by atoms with van der Waals surface area (Å²) in [5, 5.41) is 0. The lowest BCUT2D eigenvalue weighted by Gasteiger charge is -2.34. The molecule has 1 fully saturated rings. The van der Waals surface area contributed by atoms with Gasteiger partial charge < -0.3 is 4.42 Å². The molecule has 1 aliphatic rings. The van der Waals surface area contributed by atoms with Crippen molar-refractivity contribution >= 4 is 11.1 Å². The number of rotatable bonds is 4. The molecule has 5 heteroatoms. The average molecular weight is 337 g/mol. The van der Waals surface area contributed by atoms with Gasteiger partial charge in [-0.3, -0.25) is 14.4 Å². The van der Waals surface area contributed by atoms with E-state index in [4.69, 9.17) is 4.42 Å². The molecule has 2 aromatic carbocycles. The summed E-state index contributed by atoms with van der Waals surface area (Å²) in [7, 11) is 0. The Morgan fingerprint density at radius 3 is 2.40 bits per heavy atom. The van der Waals surface area contributed by atoms with Crippen LogP contribution in [0, 0.1) is 6.92 Å². The highest BCUT2D eigenvalue weighted by Gasteiger charge is 2.19. The molecular weight excluding hydrogens is 314 g/mol. The maximum atomic E-state index is 12.1. The summed E-state index contributed by atoms with van der Waals surface area (Å²) in [6.07, 6.45) is 0. The number of fused-ring (bicyclic) bond motifs is 1. The van der Waals surface area contributed by atoms with Crippen LogP contribution >= 0.6 is 0 Å². The molecule has 4 rings (SSSR count). The molecule has 3 aromatic rings. The number of para-hydroxylation sites is 2. The van der Waals surface area contributed by atoms with Crippen molar-refractivity contribution in [1.82, 2.24) is 14.4 Å². The van der Waals surface area contributed by atoms with Gasteiger partial charge in [0.15, 0.2) is 5.58 Å². The van der Waals surface area contributed by atoms with E-state index in [-0.39, 0.29) is 5.76 Å². The zero-order chi connectivity index (χ0) is 17.2. The van der Waals surface area contributed by atoms with Gasteiger partial charge in [0.25, 0.3) is 0 Å². The standard InChI is InChI=1S/C20H23N3O2/c1-16-6-2-3-7-17(16)14-21-10-12-22(13-11-21)15-23-18-8-4-5-9-19(18)25-20(23)24/h2-9H,10-15H2,1H3. The average Bonchev–Trinajstić information content (AvgIpc) is 2.94. The van der Waals surface area contributed by atoms with Gasteiger partial charge in [0.05, 0.1) is 12.2 Å². The minimum absolute atomic E-state index is 0.275. The third-order valence-electron chi connectivity index (χ3n) is 5.04. The van der Waals surface area contributed by atoms with Crippen LogP contribution in [-0.2, 0) is 13.2 Å². The molecule has 1 aromatic heterocycles. The van der Waals surface area contributed by atoms with Crippen molar-refractivity contribution in [2.45, 2.75) is 20.1 Å². The Bertz CT molecular complexity index is 920. The molecular formula is C20H23N3O2. The van der Waals surface area contributed by atoms with Crippen LogP contribution in [0.4, 0.5) is 0 Å². The van der Waals surface area contributed by atoms with E-state index in [1.165, 1.54) is 11.1 Å². The van der Waals surface area contributed by atoms with Gasteiger partial charge in [0, 0.05) is 32.7 Å². The van der Waals surface area contributed by atoms with E-state index in [1.807, 2.05) is 24.3 Å². The summed E-state index contributed by atoms with van der Waals surface area (Å²) in [5.41, 5.74) is 4.27. The number of hydrogen-bond donors (Lipinski definition) is 0. The summed E-state index contributed by atoms with van der Waals surface area (Å²) in [5.74, 6) is -0.275. The number of benzene rings is 2. The first kappa shape index (κ1) is 16.1. The minimum Gasteiger partial charge on any atom is -0.408 e. The third kappa shape index (κ3) is 3.38. The Labute approximate surface area is 147 Å². The monoisotopic (exact) mass is 337 g/mol. The Morgan fingerprint density at radius 1 is 0.920 bits per heavy atom. The number of aryl methyl sites for hydroxylation is 1. The lowest BCUT2D eigenvalue weighted by molar-refractivity contribution is 0.102. The highest BCUT2D eigenvalue weighted by molar-refractivity contribution is 5.72. The van der Waals surface area contributed by atoms with Crippen LogP contribution in [0.25, 0.3) is 11.1 Å². The first-order chi connectivity index (χ1) is 12.2. The second-order valence-electron chi connectivity index (χ2n) is 6.73. The summed E-state index contributed by atoms with van der Waals surface area (Å²) in [6.45, 7) is 7.69. The zero-order valence-corrected chi connectivity index (χ0v) is 14.5. The van der Waals surface area contributed by atoms with E-state index in [9.17, 15) is 4.79 Å². The maximum Gasteiger partial charge on any atom is 0.421 e. The summed E-state index contributed by atoms with van der Waals surface area (Å²) < 4.78 is 7.05. The van der Waals surface area contributed by atoms with Gasteiger partial charge in [0.2, 0.25) is 0 Å². The molecule has 0 spiro atoms. The fourth-order valence-corrected chi connectivity index (χ4v) is 3.47. The second-order valence-corrected chi connectivity index (χ2v) is 6.73. The molecule has 0 bridgehead atoms. The van der Waals surface area contributed by atoms with E-state index in [1.54, 1.807) is 4.57 Å². The lowest BCUT2D eigenvalue weighted by atomic mass is 10.1. The van der Waals surface area contributed by atoms with Crippen LogP contribution in [0.1, 0.15) is 11.1 Å². The fourth-order valence-electron chi connectivity index (χ4n) is 3.47. The van der Waals surface area contributed by atoms with Crippen molar-refractivity contribution in [3.63, 3.8) is 0 Å². The van der Waals surface area contributed by atoms with Crippen molar-refractivity contribution in [1.29, 1.82) is 0 Å². The van der Waals surface area contributed by atoms with E-state index in [2.05, 4.69) is 41.0 Å². The summed E-state index contributed by atoms with van der Waals surface area (Å²) in [4.78, 5) is 16.9. The van der Waals surface area contributed by atoms with Gasteiger partial charge in [0.1, 0.15) is 0 Å². The molecule has 0 amide bonds. The van der Waals surface area contributed by atoms with Crippen LogP contribution in [0.2, 0.25) is 0 Å². The molecule has 2 heterocycles. The molecule has 1 saturated heterocycles. The smallest absolute Gasteiger partial charge is 0.408 e. The van der Waals surface area contributed by atoms with Gasteiger partial charge in [-0.15, -0.1) is 0 Å². The van der Waals surface area contributed by atoms with E-state index in [0.29, 0.717) is 12.3 Å². The molecule has 0 N–H and O–H groups in total. The van der Waals surface area contributed by atoms with Crippen molar-refractivity contribution < 1.29 is 4.42 Å². The summed E-state index contributed by atoms with van der Waals surface area (Å²) in [6, 6.07) is 16.2. The van der Waals surface area contributed by atoms with E-state index >= 15 is 0 Å². The van der Waals surface area contributed by atoms with Crippen LogP contribution in [0.5, 0.6) is 0 Å². The number of nitrogens with zero attached hydrogens (tertiary/aromatic N) is 3. The van der Waals surface area contributed by atoms with Crippen molar-refractivity contribution in [2.24, 2.45) is 0 Å². The highest BCUT2D eigenvalue weighted by atomic mass is 16.4. The van der Waals surface area contributed by atoms with Gasteiger partial charge >= 0.3 is 5.76 Å². The van der Waals surface area contributed by atoms with Gasteiger partial charge in [-0.2, -0.15) is 0 Å². The number of aromatic nitrogens is 1. The molecule has 5 nitrogen and oxygen atoms in total. The molecule has 0 radical (unpaired) electrons. The van der Waals surface area contributed by atoms with E-state index in [0.717, 1.165) is 38.2 Å². The number of hydrogen-bond acceptors (Lipinski definition) is 4. The van der Waals surface area contributed by atoms with Crippen molar-refractivity contribution in [3.05, 3.63) is 70.2 Å². The SMILES string of the molecule is Cc1ccccc1CN1CCN(Cn2c(=O)oc3ccccc32)CC1. The molecule has 25 heavy (non-hydrogen) atoms. The van der Waals surface area contributed by atoms with Gasteiger partial charge in [-0.25, -0.2) is 4.79 Å². The number of oxazole rings is 1. The van der Waals surface area contributed by atoms with Crippen LogP contribution in [-0.4, -0.2) is 40.5 Å². The van der Waals surface area contributed by atoms with Crippen LogP contribution in [0.3, 0.4) is 0 Å². The van der Waals surface area contributed by atoms with E-state index < -0.39 is 0 Å². The Morgan fingerprint density at radius 2 is 1.60 bits per heavy atom. The Balaban J connectivity index is 1.40. The first-order valence-electron chi connectivity index (χ1n) is 8.78. The topological polar surface area (TPSA) is 41.6 Å². The first-order valence-corrected chi connectivity index (χ1v) is 8.78. The van der Waals surface area contributed by atoms with Gasteiger partial charge in [-0.1, -0.05) is 36.4 Å². The molecule has 0 atom stereocenters. The van der Waals surface area contributed by atoms with Crippen LogP contribution < -0.4 is 5.76 Å². The van der Waals surface area contributed by atoms with Crippen molar-refractivity contribution in [3.8, 4) is 0 Å². The largest absolute Gasteiger partial charge is 0.421 e. The molecule has 1 aliphatic heterocycles. The zero-order valence-electron chi connectivity index (χ0n) is 14.5. The molecule has 0 unspecified atom stereocenters. The third-order valence-corrected chi connectivity index (χ3v) is 5.04. The fraction of sp³-hybridized carbons (Fsp3) is 0.350. The quantitative estimate of drug-likeness (QED) is 0.734. The summed E-state index contributed by atoms with van der Waals surface area (Å²) >= 11 is 0. The number of piperazine rings is 1. The molecule has 0 aliphatic carbocycles. The van der Waals surface area contributed by atoms with Gasteiger partial charge in [-0.05, 0) is 30.2 Å². The predicted octanol–water partition coefficient (Wildman–Crippen LogP) is 2.68. The minimum atomic E-state index is -0.275. The normalized spacial score (nSPS) is 16.5.